The Balaban J connectivity index is 1.56. The molecule has 2 unspecified atom stereocenters. The van der Waals surface area contributed by atoms with E-state index in [1.165, 1.54) is 16.7 Å². The van der Waals surface area contributed by atoms with Crippen molar-refractivity contribution in [2.24, 2.45) is 5.92 Å². The number of fused-ring (bicyclic) bond motifs is 1. The highest BCUT2D eigenvalue weighted by molar-refractivity contribution is 5.45. The zero-order valence-electron chi connectivity index (χ0n) is 14.4. The summed E-state index contributed by atoms with van der Waals surface area (Å²) >= 11 is 0. The lowest BCUT2D eigenvalue weighted by Crippen LogP contribution is -2.17. The van der Waals surface area contributed by atoms with Crippen molar-refractivity contribution in [3.05, 3.63) is 59.2 Å². The van der Waals surface area contributed by atoms with Crippen LogP contribution in [0.25, 0.3) is 0 Å². The summed E-state index contributed by atoms with van der Waals surface area (Å²) in [6.45, 7) is 4.44. The molecule has 2 aliphatic rings. The van der Waals surface area contributed by atoms with Crippen molar-refractivity contribution in [3.63, 3.8) is 0 Å². The van der Waals surface area contributed by atoms with E-state index >= 15 is 0 Å². The SMILES string of the molecule is COc1ccc(C2CNCC2C)cc1OC1Cc2ccccc2C1. The third-order valence-electron chi connectivity index (χ3n) is 5.44. The molecule has 3 nitrogen and oxygen atoms in total. The molecule has 0 spiro atoms. The predicted molar refractivity (Wildman–Crippen MR) is 96.0 cm³/mol. The van der Waals surface area contributed by atoms with Crippen LogP contribution in [-0.4, -0.2) is 26.3 Å². The van der Waals surface area contributed by atoms with Crippen LogP contribution in [0.4, 0.5) is 0 Å². The maximum Gasteiger partial charge on any atom is 0.161 e. The molecule has 1 fully saturated rings. The summed E-state index contributed by atoms with van der Waals surface area (Å²) < 4.78 is 11.9. The number of nitrogens with one attached hydrogen (secondary N) is 1. The Morgan fingerprint density at radius 1 is 0.958 bits per heavy atom. The molecule has 0 radical (unpaired) electrons. The number of methoxy groups -OCH3 is 1. The van der Waals surface area contributed by atoms with Crippen molar-refractivity contribution in [1.29, 1.82) is 0 Å². The molecule has 4 rings (SSSR count). The first-order valence-corrected chi connectivity index (χ1v) is 8.86. The molecule has 3 heteroatoms. The van der Waals surface area contributed by atoms with Crippen LogP contribution in [0.2, 0.25) is 0 Å². The van der Waals surface area contributed by atoms with Crippen molar-refractivity contribution in [1.82, 2.24) is 5.32 Å². The van der Waals surface area contributed by atoms with Gasteiger partial charge in [0.2, 0.25) is 0 Å². The normalized spacial score (nSPS) is 23.2. The zero-order valence-corrected chi connectivity index (χ0v) is 14.4. The van der Waals surface area contributed by atoms with E-state index in [1.54, 1.807) is 7.11 Å². The fraction of sp³-hybridized carbons (Fsp3) is 0.429. The topological polar surface area (TPSA) is 30.5 Å². The van der Waals surface area contributed by atoms with E-state index in [2.05, 4.69) is 54.7 Å². The number of hydrogen-bond donors (Lipinski definition) is 1. The van der Waals surface area contributed by atoms with E-state index in [0.717, 1.165) is 37.4 Å². The Kier molecular flexibility index (Phi) is 4.19. The van der Waals surface area contributed by atoms with E-state index in [0.29, 0.717) is 11.8 Å². The second-order valence-corrected chi connectivity index (χ2v) is 7.07. The standard InChI is InChI=1S/C21H25NO2/c1-14-12-22-13-19(14)17-7-8-20(23-2)21(11-17)24-18-9-15-5-3-4-6-16(15)10-18/h3-8,11,14,18-19,22H,9-10,12-13H2,1-2H3. The largest absolute Gasteiger partial charge is 0.493 e. The van der Waals surface area contributed by atoms with Gasteiger partial charge in [0, 0.05) is 25.3 Å². The van der Waals surface area contributed by atoms with Crippen LogP contribution in [0.1, 0.15) is 29.5 Å². The van der Waals surface area contributed by atoms with Gasteiger partial charge in [-0.3, -0.25) is 0 Å². The van der Waals surface area contributed by atoms with E-state index in [4.69, 9.17) is 9.47 Å². The van der Waals surface area contributed by atoms with Crippen molar-refractivity contribution in [3.8, 4) is 11.5 Å². The summed E-state index contributed by atoms with van der Waals surface area (Å²) in [6.07, 6.45) is 2.15. The third-order valence-corrected chi connectivity index (χ3v) is 5.44. The molecular weight excluding hydrogens is 298 g/mol. The molecule has 1 saturated heterocycles. The van der Waals surface area contributed by atoms with Crippen LogP contribution in [0.5, 0.6) is 11.5 Å². The molecule has 2 aromatic carbocycles. The monoisotopic (exact) mass is 323 g/mol. The third kappa shape index (κ3) is 2.89. The molecule has 0 amide bonds. The summed E-state index contributed by atoms with van der Waals surface area (Å²) in [4.78, 5) is 0. The number of benzene rings is 2. The van der Waals surface area contributed by atoms with Crippen LogP contribution in [-0.2, 0) is 12.8 Å². The van der Waals surface area contributed by atoms with Crippen LogP contribution in [0, 0.1) is 5.92 Å². The summed E-state index contributed by atoms with van der Waals surface area (Å²) in [6, 6.07) is 15.1. The van der Waals surface area contributed by atoms with Gasteiger partial charge in [0.15, 0.2) is 11.5 Å². The number of rotatable bonds is 4. The lowest BCUT2D eigenvalue weighted by atomic mass is 9.90. The minimum atomic E-state index is 0.200. The average Bonchev–Trinajstić information content (AvgIpc) is 3.20. The van der Waals surface area contributed by atoms with Gasteiger partial charge < -0.3 is 14.8 Å². The first-order valence-electron chi connectivity index (χ1n) is 8.86. The molecule has 0 saturated carbocycles. The van der Waals surface area contributed by atoms with E-state index in [1.807, 2.05) is 0 Å². The van der Waals surface area contributed by atoms with E-state index < -0.39 is 0 Å². The van der Waals surface area contributed by atoms with Crippen LogP contribution >= 0.6 is 0 Å². The quantitative estimate of drug-likeness (QED) is 0.933. The van der Waals surface area contributed by atoms with Gasteiger partial charge in [0.05, 0.1) is 7.11 Å². The Labute approximate surface area is 144 Å². The van der Waals surface area contributed by atoms with Gasteiger partial charge >= 0.3 is 0 Å². The molecule has 1 aliphatic heterocycles. The summed E-state index contributed by atoms with van der Waals surface area (Å²) in [5.74, 6) is 2.92. The minimum Gasteiger partial charge on any atom is -0.493 e. The highest BCUT2D eigenvalue weighted by Gasteiger charge is 2.27. The highest BCUT2D eigenvalue weighted by Crippen LogP contribution is 2.36. The van der Waals surface area contributed by atoms with Crippen LogP contribution in [0.15, 0.2) is 42.5 Å². The van der Waals surface area contributed by atoms with Gasteiger partial charge in [-0.1, -0.05) is 37.3 Å². The minimum absolute atomic E-state index is 0.200. The number of ether oxygens (including phenoxy) is 2. The lowest BCUT2D eigenvalue weighted by molar-refractivity contribution is 0.204. The Hall–Kier alpha value is -2.00. The van der Waals surface area contributed by atoms with Gasteiger partial charge in [-0.2, -0.15) is 0 Å². The van der Waals surface area contributed by atoms with Gasteiger partial charge in [0.25, 0.3) is 0 Å². The van der Waals surface area contributed by atoms with Crippen molar-refractivity contribution in [2.45, 2.75) is 31.8 Å². The van der Waals surface area contributed by atoms with Gasteiger partial charge in [0.1, 0.15) is 6.10 Å². The fourth-order valence-corrected chi connectivity index (χ4v) is 4.05. The second kappa shape index (κ2) is 6.48. The average molecular weight is 323 g/mol. The zero-order chi connectivity index (χ0) is 16.5. The first-order chi connectivity index (χ1) is 11.7. The summed E-state index contributed by atoms with van der Waals surface area (Å²) in [7, 11) is 1.71. The Bertz CT molecular complexity index is 703. The Morgan fingerprint density at radius 3 is 2.33 bits per heavy atom. The molecule has 1 aliphatic carbocycles. The molecule has 1 heterocycles. The second-order valence-electron chi connectivity index (χ2n) is 7.07. The fourth-order valence-electron chi connectivity index (χ4n) is 4.05. The van der Waals surface area contributed by atoms with Crippen molar-refractivity contribution < 1.29 is 9.47 Å². The molecule has 0 bridgehead atoms. The van der Waals surface area contributed by atoms with Crippen molar-refractivity contribution >= 4 is 0 Å². The smallest absolute Gasteiger partial charge is 0.161 e. The predicted octanol–water partition coefficient (Wildman–Crippen LogP) is 3.56. The molecule has 24 heavy (non-hydrogen) atoms. The van der Waals surface area contributed by atoms with Crippen molar-refractivity contribution in [2.75, 3.05) is 20.2 Å². The van der Waals surface area contributed by atoms with Gasteiger partial charge in [-0.05, 0) is 41.3 Å². The lowest BCUT2D eigenvalue weighted by Gasteiger charge is -2.20. The van der Waals surface area contributed by atoms with Gasteiger partial charge in [-0.15, -0.1) is 0 Å². The van der Waals surface area contributed by atoms with Crippen LogP contribution in [0.3, 0.4) is 0 Å². The molecular formula is C21H25NO2. The maximum atomic E-state index is 6.37. The molecule has 1 N–H and O–H groups in total. The molecule has 2 atom stereocenters. The van der Waals surface area contributed by atoms with Crippen LogP contribution < -0.4 is 14.8 Å². The molecule has 2 aromatic rings. The molecule has 0 aromatic heterocycles. The molecule has 126 valence electrons. The summed E-state index contributed by atoms with van der Waals surface area (Å²) in [5, 5.41) is 3.48. The number of hydrogen-bond acceptors (Lipinski definition) is 3. The van der Waals surface area contributed by atoms with Gasteiger partial charge in [-0.25, -0.2) is 0 Å². The highest BCUT2D eigenvalue weighted by atomic mass is 16.5. The maximum absolute atomic E-state index is 6.37. The van der Waals surface area contributed by atoms with E-state index in [9.17, 15) is 0 Å². The summed E-state index contributed by atoms with van der Waals surface area (Å²) in [5.41, 5.74) is 4.16. The Morgan fingerprint density at radius 2 is 1.71 bits per heavy atom. The van der Waals surface area contributed by atoms with E-state index in [-0.39, 0.29) is 6.10 Å². The first kappa shape index (κ1) is 15.5.